The first-order valence-corrected chi connectivity index (χ1v) is 18.3. The second-order valence-electron chi connectivity index (χ2n) is 13.1. The molecule has 55 heavy (non-hydrogen) atoms. The van der Waals surface area contributed by atoms with Crippen LogP contribution in [0.15, 0.2) is 42.6 Å². The van der Waals surface area contributed by atoms with Gasteiger partial charge in [0, 0.05) is 38.5 Å². The van der Waals surface area contributed by atoms with Crippen LogP contribution in [0.25, 0.3) is 0 Å². The van der Waals surface area contributed by atoms with Crippen molar-refractivity contribution < 1.29 is 43.1 Å². The predicted octanol–water partition coefficient (Wildman–Crippen LogP) is 2.46. The lowest BCUT2D eigenvalue weighted by atomic mass is 10.0. The van der Waals surface area contributed by atoms with Gasteiger partial charge in [0.2, 0.25) is 17.7 Å². The van der Waals surface area contributed by atoms with E-state index in [1.807, 2.05) is 0 Å². The number of fused-ring (bicyclic) bond motifs is 1. The van der Waals surface area contributed by atoms with E-state index in [0.29, 0.717) is 38.8 Å². The van der Waals surface area contributed by atoms with Crippen molar-refractivity contribution in [3.63, 3.8) is 0 Å². The van der Waals surface area contributed by atoms with Gasteiger partial charge in [-0.05, 0) is 56.4 Å². The third-order valence-corrected chi connectivity index (χ3v) is 10.0. The van der Waals surface area contributed by atoms with Crippen LogP contribution >= 0.6 is 23.2 Å². The van der Waals surface area contributed by atoms with E-state index in [0.717, 1.165) is 4.90 Å². The first-order valence-electron chi connectivity index (χ1n) is 17.5. The number of H-pyrrole nitrogens is 1. The zero-order chi connectivity index (χ0) is 39.2. The number of imide groups is 2. The molecule has 1 atom stereocenters. The van der Waals surface area contributed by atoms with Crippen LogP contribution < -0.4 is 26.0 Å². The largest absolute Gasteiger partial charge is 0.483 e. The fourth-order valence-corrected chi connectivity index (χ4v) is 7.14. The Morgan fingerprint density at radius 3 is 2.36 bits per heavy atom. The molecule has 2 fully saturated rings. The predicted molar refractivity (Wildman–Crippen MR) is 196 cm³/mol. The third kappa shape index (κ3) is 8.78. The highest BCUT2D eigenvalue weighted by Gasteiger charge is 2.46. The van der Waals surface area contributed by atoms with Crippen LogP contribution in [0.1, 0.15) is 86.5 Å². The van der Waals surface area contributed by atoms with Gasteiger partial charge in [-0.2, -0.15) is 5.10 Å². The number of nitrogens with zero attached hydrogens (tertiary/aromatic N) is 3. The van der Waals surface area contributed by atoms with Crippen LogP contribution in [-0.2, 0) is 19.2 Å². The summed E-state index contributed by atoms with van der Waals surface area (Å²) in [5, 5.41) is 17.2. The lowest BCUT2D eigenvalue weighted by molar-refractivity contribution is -0.136. The number of aromatic amines is 1. The van der Waals surface area contributed by atoms with Gasteiger partial charge in [-0.3, -0.25) is 53.7 Å². The molecule has 1 aromatic heterocycles. The van der Waals surface area contributed by atoms with E-state index in [4.69, 9.17) is 27.9 Å². The summed E-state index contributed by atoms with van der Waals surface area (Å²) >= 11 is 12.3. The number of aromatic nitrogens is 2. The van der Waals surface area contributed by atoms with Gasteiger partial charge in [0.1, 0.15) is 17.5 Å². The standard InChI is InChI=1S/C36H36Cl2N8O9/c37-21-6-4-7-22(38)30(21)33(51)42-23-17-40-44-31(23)34(52)41-19-12-15-45(16-13-19)28(49)9-1-2-14-39-27(48)18-55-25-8-3-5-20-29(25)36(54)46(35(20)53)24-10-11-26(47)43-32(24)50/h3-8,17,19,24H,1-2,9-16,18H2,(H,39,48)(H,40,44)(H,41,52)(H,42,51)(H,43,47,50). The Labute approximate surface area is 323 Å². The Balaban J connectivity index is 0.879. The van der Waals surface area contributed by atoms with Crippen LogP contribution in [-0.4, -0.2) is 106 Å². The number of hydrogen-bond acceptors (Lipinski definition) is 10. The number of piperidine rings is 2. The van der Waals surface area contributed by atoms with Crippen molar-refractivity contribution >= 4 is 76.1 Å². The zero-order valence-electron chi connectivity index (χ0n) is 29.2. The highest BCUT2D eigenvalue weighted by Crippen LogP contribution is 2.33. The number of likely N-dealkylation sites (tertiary alicyclic amines) is 1. The summed E-state index contributed by atoms with van der Waals surface area (Å²) in [4.78, 5) is 104. The molecule has 0 bridgehead atoms. The number of carbonyl (C=O) groups excluding carboxylic acids is 8. The van der Waals surface area contributed by atoms with E-state index in [1.165, 1.54) is 36.5 Å². The lowest BCUT2D eigenvalue weighted by Gasteiger charge is -2.32. The van der Waals surface area contributed by atoms with Gasteiger partial charge in [-0.1, -0.05) is 35.3 Å². The quantitative estimate of drug-likeness (QED) is 0.125. The van der Waals surface area contributed by atoms with Crippen molar-refractivity contribution in [1.29, 1.82) is 0 Å². The summed E-state index contributed by atoms with van der Waals surface area (Å²) in [6.07, 6.45) is 3.67. The maximum atomic E-state index is 13.2. The SMILES string of the molecule is O=C(COc1cccc2c1C(=O)N(C1CCC(=O)NC1=O)C2=O)NCCCCC(=O)N1CCC(NC(=O)c2[nH]ncc2NC(=O)c2c(Cl)cccc2Cl)CC1. The van der Waals surface area contributed by atoms with Crippen molar-refractivity contribution in [3.05, 3.63) is 75.0 Å². The van der Waals surface area contributed by atoms with E-state index in [-0.39, 0.29) is 81.6 Å². The summed E-state index contributed by atoms with van der Waals surface area (Å²) in [6.45, 7) is 0.725. The molecule has 3 aromatic rings. The van der Waals surface area contributed by atoms with Crippen molar-refractivity contribution in [3.8, 4) is 5.75 Å². The molecule has 0 spiro atoms. The average Bonchev–Trinajstić information content (AvgIpc) is 3.72. The fourth-order valence-electron chi connectivity index (χ4n) is 6.57. The number of benzene rings is 2. The van der Waals surface area contributed by atoms with E-state index in [2.05, 4.69) is 31.5 Å². The molecule has 0 aliphatic carbocycles. The molecule has 0 saturated carbocycles. The molecule has 2 saturated heterocycles. The first kappa shape index (κ1) is 38.9. The van der Waals surface area contributed by atoms with Crippen LogP contribution in [0.2, 0.25) is 10.0 Å². The smallest absolute Gasteiger partial charge is 0.271 e. The number of unbranched alkanes of at least 4 members (excludes halogenated alkanes) is 1. The second kappa shape index (κ2) is 17.1. The van der Waals surface area contributed by atoms with Crippen molar-refractivity contribution in [1.82, 2.24) is 35.9 Å². The minimum atomic E-state index is -1.12. The molecule has 4 heterocycles. The molecule has 288 valence electrons. The maximum Gasteiger partial charge on any atom is 0.271 e. The molecule has 8 amide bonds. The number of rotatable bonds is 13. The normalized spacial score (nSPS) is 17.1. The summed E-state index contributed by atoms with van der Waals surface area (Å²) in [7, 11) is 0. The summed E-state index contributed by atoms with van der Waals surface area (Å²) in [6, 6.07) is 7.71. The van der Waals surface area contributed by atoms with E-state index >= 15 is 0 Å². The maximum absolute atomic E-state index is 13.2. The molecule has 2 aromatic carbocycles. The molecule has 5 N–H and O–H groups in total. The Morgan fingerprint density at radius 2 is 1.64 bits per heavy atom. The Morgan fingerprint density at radius 1 is 0.909 bits per heavy atom. The average molecular weight is 796 g/mol. The Bertz CT molecular complexity index is 2040. The fraction of sp³-hybridized carbons (Fsp3) is 0.361. The molecular weight excluding hydrogens is 759 g/mol. The van der Waals surface area contributed by atoms with Crippen LogP contribution in [0, 0.1) is 0 Å². The Kier molecular flexibility index (Phi) is 12.1. The molecule has 3 aliphatic heterocycles. The monoisotopic (exact) mass is 794 g/mol. The zero-order valence-corrected chi connectivity index (χ0v) is 30.8. The molecule has 19 heteroatoms. The van der Waals surface area contributed by atoms with Crippen LogP contribution in [0.5, 0.6) is 5.75 Å². The molecule has 17 nitrogen and oxygen atoms in total. The van der Waals surface area contributed by atoms with Crippen LogP contribution in [0.4, 0.5) is 5.69 Å². The highest BCUT2D eigenvalue weighted by atomic mass is 35.5. The van der Waals surface area contributed by atoms with Crippen LogP contribution in [0.3, 0.4) is 0 Å². The molecule has 3 aliphatic rings. The first-order chi connectivity index (χ1) is 26.4. The minimum Gasteiger partial charge on any atom is -0.483 e. The van der Waals surface area contributed by atoms with E-state index in [1.54, 1.807) is 11.0 Å². The molecule has 0 radical (unpaired) electrons. The second-order valence-corrected chi connectivity index (χ2v) is 13.9. The number of nitrogens with one attached hydrogen (secondary N) is 5. The van der Waals surface area contributed by atoms with Gasteiger partial charge in [0.15, 0.2) is 6.61 Å². The minimum absolute atomic E-state index is 0.00860. The van der Waals surface area contributed by atoms with Gasteiger partial charge in [-0.15, -0.1) is 0 Å². The number of ether oxygens (including phenoxy) is 1. The molecule has 6 rings (SSSR count). The Hall–Kier alpha value is -5.81. The lowest BCUT2D eigenvalue weighted by Crippen LogP contribution is -2.54. The van der Waals surface area contributed by atoms with Crippen molar-refractivity contribution in [2.45, 2.75) is 57.0 Å². The third-order valence-electron chi connectivity index (χ3n) is 9.42. The van der Waals surface area contributed by atoms with Gasteiger partial charge >= 0.3 is 0 Å². The van der Waals surface area contributed by atoms with Gasteiger partial charge in [-0.25, -0.2) is 0 Å². The molecule has 1 unspecified atom stereocenters. The van der Waals surface area contributed by atoms with Gasteiger partial charge in [0.05, 0.1) is 38.6 Å². The van der Waals surface area contributed by atoms with E-state index in [9.17, 15) is 38.4 Å². The summed E-state index contributed by atoms with van der Waals surface area (Å²) in [5.41, 5.74) is 0.271. The number of amides is 8. The topological polar surface area (TPSA) is 229 Å². The number of hydrogen-bond donors (Lipinski definition) is 5. The highest BCUT2D eigenvalue weighted by molar-refractivity contribution is 6.40. The number of carbonyl (C=O) groups is 8. The van der Waals surface area contributed by atoms with Gasteiger partial charge < -0.3 is 25.6 Å². The summed E-state index contributed by atoms with van der Waals surface area (Å²) < 4.78 is 5.60. The van der Waals surface area contributed by atoms with Gasteiger partial charge in [0.25, 0.3) is 29.5 Å². The van der Waals surface area contributed by atoms with Crippen molar-refractivity contribution in [2.24, 2.45) is 0 Å². The number of halogens is 2. The number of anilines is 1. The van der Waals surface area contributed by atoms with Crippen molar-refractivity contribution in [2.75, 3.05) is 31.6 Å². The summed E-state index contributed by atoms with van der Waals surface area (Å²) in [5.74, 6) is -4.19. The van der Waals surface area contributed by atoms with E-state index < -0.39 is 54.0 Å². The molecular formula is C36H36Cl2N8O9.